The molecule has 0 aromatic heterocycles. The maximum atomic E-state index is 11.9. The van der Waals surface area contributed by atoms with Gasteiger partial charge in [-0.2, -0.15) is 0 Å². The molecule has 3 heteroatoms. The smallest absolute Gasteiger partial charge is 0.222 e. The van der Waals surface area contributed by atoms with Crippen molar-refractivity contribution in [3.05, 3.63) is 5.92 Å². The van der Waals surface area contributed by atoms with Crippen molar-refractivity contribution in [1.29, 1.82) is 0 Å². The summed E-state index contributed by atoms with van der Waals surface area (Å²) in [6, 6.07) is 0.385. The maximum absolute atomic E-state index is 11.9. The lowest BCUT2D eigenvalue weighted by atomic mass is 9.98. The van der Waals surface area contributed by atoms with Gasteiger partial charge in [-0.25, -0.2) is 0 Å². The Morgan fingerprint density at radius 2 is 1.94 bits per heavy atom. The van der Waals surface area contributed by atoms with Crippen LogP contribution in [0.1, 0.15) is 41.0 Å². The van der Waals surface area contributed by atoms with E-state index in [4.69, 9.17) is 0 Å². The lowest BCUT2D eigenvalue weighted by molar-refractivity contribution is -0.137. The number of rotatable bonds is 4. The zero-order valence-electron chi connectivity index (χ0n) is 12.0. The minimum Gasteiger partial charge on any atom is -0.337 e. The zero-order valence-corrected chi connectivity index (χ0v) is 12.0. The summed E-state index contributed by atoms with van der Waals surface area (Å²) in [6.45, 7) is 14.7. The van der Waals surface area contributed by atoms with Crippen LogP contribution in [0.25, 0.3) is 0 Å². The Morgan fingerprint density at radius 1 is 1.29 bits per heavy atom. The summed E-state index contributed by atoms with van der Waals surface area (Å²) in [7, 11) is 0. The van der Waals surface area contributed by atoms with Crippen molar-refractivity contribution in [2.24, 2.45) is 5.92 Å². The molecule has 1 fully saturated rings. The molecule has 0 saturated carbocycles. The number of hydrogen-bond donors (Lipinski definition) is 0. The van der Waals surface area contributed by atoms with E-state index in [-0.39, 0.29) is 0 Å². The first-order valence-electron chi connectivity index (χ1n) is 6.76. The van der Waals surface area contributed by atoms with Crippen LogP contribution in [0.2, 0.25) is 0 Å². The van der Waals surface area contributed by atoms with Gasteiger partial charge in [-0.15, -0.1) is 0 Å². The van der Waals surface area contributed by atoms with E-state index in [0.29, 0.717) is 24.3 Å². The molecule has 0 bridgehead atoms. The molecule has 1 radical (unpaired) electrons. The summed E-state index contributed by atoms with van der Waals surface area (Å²) < 4.78 is 0. The van der Waals surface area contributed by atoms with E-state index in [2.05, 4.69) is 37.5 Å². The highest BCUT2D eigenvalue weighted by Gasteiger charge is 2.31. The van der Waals surface area contributed by atoms with Crippen LogP contribution in [0.4, 0.5) is 0 Å². The summed E-state index contributed by atoms with van der Waals surface area (Å²) in [6.07, 6.45) is 0.627. The quantitative estimate of drug-likeness (QED) is 0.751. The van der Waals surface area contributed by atoms with Gasteiger partial charge in [0.25, 0.3) is 0 Å². The molecule has 1 saturated heterocycles. The molecule has 1 rings (SSSR count). The highest BCUT2D eigenvalue weighted by atomic mass is 16.2. The Kier molecular flexibility index (Phi) is 5.44. The highest BCUT2D eigenvalue weighted by Crippen LogP contribution is 2.19. The van der Waals surface area contributed by atoms with Crippen LogP contribution >= 0.6 is 0 Å². The minimum absolute atomic E-state index is 0.306. The molecule has 1 aliphatic heterocycles. The standard InChI is InChI=1S/C14H27N2O/c1-6-14(17)16-8-7-15(9-11(2)3)10-13(16)12(4)5/h12-13H,6-10H2,1-5H3/t13-/m1/s1. The normalized spacial score (nSPS) is 22.5. The molecular formula is C14H27N2O. The van der Waals surface area contributed by atoms with Crippen molar-refractivity contribution in [2.45, 2.75) is 47.1 Å². The van der Waals surface area contributed by atoms with Gasteiger partial charge in [0.2, 0.25) is 5.91 Å². The Morgan fingerprint density at radius 3 is 2.41 bits per heavy atom. The largest absolute Gasteiger partial charge is 0.337 e. The fraction of sp³-hybridized carbons (Fsp3) is 0.857. The van der Waals surface area contributed by atoms with E-state index >= 15 is 0 Å². The van der Waals surface area contributed by atoms with Crippen LogP contribution in [-0.2, 0) is 4.79 Å². The van der Waals surface area contributed by atoms with Crippen molar-refractivity contribution in [3.63, 3.8) is 0 Å². The number of piperazine rings is 1. The van der Waals surface area contributed by atoms with Gasteiger partial charge in [0, 0.05) is 38.6 Å². The molecule has 0 aromatic carbocycles. The molecule has 0 N–H and O–H groups in total. The Hall–Kier alpha value is -0.570. The first-order valence-corrected chi connectivity index (χ1v) is 6.76. The molecule has 0 unspecified atom stereocenters. The third-order valence-corrected chi connectivity index (χ3v) is 3.43. The van der Waals surface area contributed by atoms with E-state index in [1.54, 1.807) is 0 Å². The van der Waals surface area contributed by atoms with E-state index in [1.165, 1.54) is 5.92 Å². The highest BCUT2D eigenvalue weighted by molar-refractivity contribution is 5.76. The molecule has 0 spiro atoms. The fourth-order valence-corrected chi connectivity index (χ4v) is 2.54. The first kappa shape index (κ1) is 14.5. The van der Waals surface area contributed by atoms with Crippen LogP contribution in [0, 0.1) is 11.8 Å². The average Bonchev–Trinajstić information content (AvgIpc) is 2.27. The topological polar surface area (TPSA) is 23.6 Å². The second-order valence-corrected chi connectivity index (χ2v) is 5.69. The minimum atomic E-state index is 0.306. The fourth-order valence-electron chi connectivity index (χ4n) is 2.54. The van der Waals surface area contributed by atoms with Gasteiger partial charge < -0.3 is 4.90 Å². The Bertz CT molecular complexity index is 251. The van der Waals surface area contributed by atoms with Crippen molar-refractivity contribution in [2.75, 3.05) is 26.2 Å². The lowest BCUT2D eigenvalue weighted by Gasteiger charge is -2.44. The number of hydrogen-bond acceptors (Lipinski definition) is 2. The van der Waals surface area contributed by atoms with Crippen LogP contribution < -0.4 is 0 Å². The van der Waals surface area contributed by atoms with Gasteiger partial charge in [-0.3, -0.25) is 9.69 Å². The van der Waals surface area contributed by atoms with E-state index in [1.807, 2.05) is 6.92 Å². The molecule has 1 atom stereocenters. The van der Waals surface area contributed by atoms with Gasteiger partial charge in [0.15, 0.2) is 0 Å². The number of carbonyl (C=O) groups excluding carboxylic acids is 1. The average molecular weight is 239 g/mol. The monoisotopic (exact) mass is 239 g/mol. The third-order valence-electron chi connectivity index (χ3n) is 3.43. The van der Waals surface area contributed by atoms with Gasteiger partial charge >= 0.3 is 0 Å². The van der Waals surface area contributed by atoms with Gasteiger partial charge in [-0.05, 0) is 11.8 Å². The van der Waals surface area contributed by atoms with Crippen LogP contribution in [0.5, 0.6) is 0 Å². The molecule has 0 aliphatic carbocycles. The second kappa shape index (κ2) is 6.39. The number of amides is 1. The molecule has 3 nitrogen and oxygen atoms in total. The number of nitrogens with zero attached hydrogens (tertiary/aromatic N) is 2. The molecule has 1 heterocycles. The maximum Gasteiger partial charge on any atom is 0.222 e. The molecule has 99 valence electrons. The summed E-state index contributed by atoms with van der Waals surface area (Å²) in [5, 5.41) is 0. The van der Waals surface area contributed by atoms with Gasteiger partial charge in [0.05, 0.1) is 0 Å². The Labute approximate surface area is 106 Å². The summed E-state index contributed by atoms with van der Waals surface area (Å²) >= 11 is 0. The van der Waals surface area contributed by atoms with Crippen molar-refractivity contribution in [1.82, 2.24) is 9.80 Å². The van der Waals surface area contributed by atoms with Crippen LogP contribution in [0.15, 0.2) is 0 Å². The summed E-state index contributed by atoms with van der Waals surface area (Å²) in [5.41, 5.74) is 0. The SMILES string of the molecule is CCC(=O)N1CCN(C[C](C)C)C[C@@H]1C(C)C. The van der Waals surface area contributed by atoms with Crippen LogP contribution in [-0.4, -0.2) is 47.9 Å². The molecule has 1 aliphatic rings. The molecule has 17 heavy (non-hydrogen) atoms. The molecular weight excluding hydrogens is 212 g/mol. The van der Waals surface area contributed by atoms with Crippen LogP contribution in [0.3, 0.4) is 0 Å². The lowest BCUT2D eigenvalue weighted by Crippen LogP contribution is -2.57. The number of carbonyl (C=O) groups is 1. The first-order chi connectivity index (χ1) is 7.95. The van der Waals surface area contributed by atoms with Crippen molar-refractivity contribution < 1.29 is 4.79 Å². The summed E-state index contributed by atoms with van der Waals surface area (Å²) in [5.74, 6) is 2.29. The van der Waals surface area contributed by atoms with Gasteiger partial charge in [-0.1, -0.05) is 34.6 Å². The van der Waals surface area contributed by atoms with Gasteiger partial charge in [0.1, 0.15) is 0 Å². The van der Waals surface area contributed by atoms with E-state index in [9.17, 15) is 4.79 Å². The second-order valence-electron chi connectivity index (χ2n) is 5.69. The van der Waals surface area contributed by atoms with E-state index < -0.39 is 0 Å². The third kappa shape index (κ3) is 3.98. The summed E-state index contributed by atoms with van der Waals surface area (Å²) in [4.78, 5) is 16.5. The van der Waals surface area contributed by atoms with E-state index in [0.717, 1.165) is 26.2 Å². The predicted molar refractivity (Wildman–Crippen MR) is 71.7 cm³/mol. The Balaban J connectivity index is 2.64. The van der Waals surface area contributed by atoms with Crippen molar-refractivity contribution in [3.8, 4) is 0 Å². The molecule has 0 aromatic rings. The van der Waals surface area contributed by atoms with Crippen molar-refractivity contribution >= 4 is 5.91 Å². The predicted octanol–water partition coefficient (Wildman–Crippen LogP) is 2.18. The zero-order chi connectivity index (χ0) is 13.0. The molecule has 1 amide bonds.